The van der Waals surface area contributed by atoms with Gasteiger partial charge in [-0.15, -0.1) is 0 Å². The summed E-state index contributed by atoms with van der Waals surface area (Å²) >= 11 is 0. The third kappa shape index (κ3) is 4.60. The minimum Gasteiger partial charge on any atom is -0.480 e. The van der Waals surface area contributed by atoms with Crippen molar-refractivity contribution in [3.63, 3.8) is 0 Å². The van der Waals surface area contributed by atoms with Gasteiger partial charge in [0.25, 0.3) is 0 Å². The lowest BCUT2D eigenvalue weighted by Gasteiger charge is -2.14. The fourth-order valence-electron chi connectivity index (χ4n) is 1.59. The highest BCUT2D eigenvalue weighted by molar-refractivity contribution is 5.95. The molecule has 1 unspecified atom stereocenters. The molecule has 0 aliphatic heterocycles. The smallest absolute Gasteiger partial charge is 0.326 e. The number of benzene rings is 1. The Labute approximate surface area is 116 Å². The molecule has 0 spiro atoms. The van der Waals surface area contributed by atoms with Crippen molar-refractivity contribution in [2.45, 2.75) is 25.8 Å². The fourth-order valence-corrected chi connectivity index (χ4v) is 1.59. The van der Waals surface area contributed by atoms with Gasteiger partial charge in [0.15, 0.2) is 0 Å². The van der Waals surface area contributed by atoms with Gasteiger partial charge in [-0.05, 0) is 30.7 Å². The van der Waals surface area contributed by atoms with Gasteiger partial charge in [0.05, 0.1) is 0 Å². The van der Waals surface area contributed by atoms with E-state index in [1.807, 2.05) is 6.92 Å². The van der Waals surface area contributed by atoms with Gasteiger partial charge in [-0.25, -0.2) is 9.59 Å². The van der Waals surface area contributed by atoms with E-state index >= 15 is 0 Å². The van der Waals surface area contributed by atoms with Gasteiger partial charge in [-0.2, -0.15) is 0 Å². The van der Waals surface area contributed by atoms with Crippen molar-refractivity contribution in [3.05, 3.63) is 29.8 Å². The molecule has 1 aromatic carbocycles. The van der Waals surface area contributed by atoms with E-state index in [1.165, 1.54) is 24.3 Å². The number of aliphatic carboxylic acids is 1. The van der Waals surface area contributed by atoms with Crippen LogP contribution < -0.4 is 16.4 Å². The van der Waals surface area contributed by atoms with Crippen LogP contribution >= 0.6 is 0 Å². The summed E-state index contributed by atoms with van der Waals surface area (Å²) in [5.41, 5.74) is 5.86. The van der Waals surface area contributed by atoms with Crippen molar-refractivity contribution in [2.24, 2.45) is 5.73 Å². The van der Waals surface area contributed by atoms with Crippen LogP contribution in [0.25, 0.3) is 0 Å². The quantitative estimate of drug-likeness (QED) is 0.624. The Morgan fingerprint density at radius 2 is 1.85 bits per heavy atom. The second-order valence-electron chi connectivity index (χ2n) is 4.22. The van der Waals surface area contributed by atoms with E-state index in [-0.39, 0.29) is 0 Å². The number of hydrogen-bond acceptors (Lipinski definition) is 3. The van der Waals surface area contributed by atoms with Crippen molar-refractivity contribution in [1.82, 2.24) is 5.32 Å². The number of nitrogens with two attached hydrogens (primary N) is 1. The van der Waals surface area contributed by atoms with Gasteiger partial charge < -0.3 is 21.5 Å². The molecular formula is C13H17N3O4. The lowest BCUT2D eigenvalue weighted by atomic mass is 10.2. The molecule has 1 atom stereocenters. The first-order valence-corrected chi connectivity index (χ1v) is 6.14. The molecule has 7 nitrogen and oxygen atoms in total. The molecule has 0 saturated carbocycles. The van der Waals surface area contributed by atoms with Gasteiger partial charge in [-0.3, -0.25) is 4.79 Å². The van der Waals surface area contributed by atoms with Crippen LogP contribution in [-0.4, -0.2) is 29.1 Å². The van der Waals surface area contributed by atoms with E-state index in [4.69, 9.17) is 10.8 Å². The summed E-state index contributed by atoms with van der Waals surface area (Å²) in [5.74, 6) is -1.64. The van der Waals surface area contributed by atoms with E-state index in [1.54, 1.807) is 0 Å². The number of hydrogen-bond donors (Lipinski definition) is 4. The maximum absolute atomic E-state index is 11.6. The van der Waals surface area contributed by atoms with E-state index in [0.29, 0.717) is 24.1 Å². The Morgan fingerprint density at radius 1 is 1.25 bits per heavy atom. The number of carboxylic acids is 1. The molecule has 20 heavy (non-hydrogen) atoms. The third-order valence-corrected chi connectivity index (χ3v) is 2.61. The topological polar surface area (TPSA) is 122 Å². The molecule has 0 saturated heterocycles. The van der Waals surface area contributed by atoms with Crippen LogP contribution in [0.2, 0.25) is 0 Å². The summed E-state index contributed by atoms with van der Waals surface area (Å²) < 4.78 is 0. The fraction of sp³-hybridized carbons (Fsp3) is 0.308. The number of carboxylic acid groups (broad SMARTS) is 1. The summed E-state index contributed by atoms with van der Waals surface area (Å²) in [5, 5.41) is 13.8. The van der Waals surface area contributed by atoms with E-state index in [0.717, 1.165) is 0 Å². The molecule has 3 amide bonds. The molecule has 1 aromatic rings. The number of primary amides is 1. The molecule has 0 fully saturated rings. The molecule has 5 N–H and O–H groups in total. The van der Waals surface area contributed by atoms with E-state index in [9.17, 15) is 14.4 Å². The van der Waals surface area contributed by atoms with Crippen molar-refractivity contribution in [2.75, 3.05) is 5.32 Å². The highest BCUT2D eigenvalue weighted by Crippen LogP contribution is 2.09. The SMILES string of the molecule is CCCC(NC(=O)Nc1ccc(C(N)=O)cc1)C(=O)O. The van der Waals surface area contributed by atoms with Crippen LogP contribution in [0.4, 0.5) is 10.5 Å². The zero-order valence-electron chi connectivity index (χ0n) is 11.1. The van der Waals surface area contributed by atoms with E-state index in [2.05, 4.69) is 10.6 Å². The van der Waals surface area contributed by atoms with Crippen LogP contribution in [-0.2, 0) is 4.79 Å². The third-order valence-electron chi connectivity index (χ3n) is 2.61. The largest absolute Gasteiger partial charge is 0.480 e. The molecular weight excluding hydrogens is 262 g/mol. The first-order chi connectivity index (χ1) is 9.43. The minimum atomic E-state index is -1.08. The zero-order chi connectivity index (χ0) is 15.1. The van der Waals surface area contributed by atoms with Crippen LogP contribution in [0.5, 0.6) is 0 Å². The van der Waals surface area contributed by atoms with Crippen molar-refractivity contribution in [1.29, 1.82) is 0 Å². The Bertz CT molecular complexity index is 499. The lowest BCUT2D eigenvalue weighted by molar-refractivity contribution is -0.139. The highest BCUT2D eigenvalue weighted by atomic mass is 16.4. The highest BCUT2D eigenvalue weighted by Gasteiger charge is 2.18. The molecule has 0 aliphatic carbocycles. The van der Waals surface area contributed by atoms with Crippen molar-refractivity contribution in [3.8, 4) is 0 Å². The summed E-state index contributed by atoms with van der Waals surface area (Å²) in [6.07, 6.45) is 0.994. The molecule has 7 heteroatoms. The van der Waals surface area contributed by atoms with Crippen LogP contribution in [0.15, 0.2) is 24.3 Å². The Morgan fingerprint density at radius 3 is 2.30 bits per heavy atom. The predicted octanol–water partition coefficient (Wildman–Crippen LogP) is 1.16. The van der Waals surface area contributed by atoms with Gasteiger partial charge in [-0.1, -0.05) is 13.3 Å². The standard InChI is InChI=1S/C13H17N3O4/c1-2-3-10(12(18)19)16-13(20)15-9-6-4-8(5-7-9)11(14)17/h4-7,10H,2-3H2,1H3,(H2,14,17)(H,18,19)(H2,15,16,20). The molecule has 108 valence electrons. The maximum Gasteiger partial charge on any atom is 0.326 e. The van der Waals surface area contributed by atoms with Gasteiger partial charge >= 0.3 is 12.0 Å². The Hall–Kier alpha value is -2.57. The summed E-state index contributed by atoms with van der Waals surface area (Å²) in [6.45, 7) is 1.83. The first kappa shape index (κ1) is 15.5. The summed E-state index contributed by atoms with van der Waals surface area (Å²) in [7, 11) is 0. The molecule has 0 heterocycles. The van der Waals surface area contributed by atoms with Crippen LogP contribution in [0.1, 0.15) is 30.1 Å². The van der Waals surface area contributed by atoms with Gasteiger partial charge in [0.2, 0.25) is 5.91 Å². The second-order valence-corrected chi connectivity index (χ2v) is 4.22. The van der Waals surface area contributed by atoms with Crippen LogP contribution in [0, 0.1) is 0 Å². The molecule has 0 radical (unpaired) electrons. The number of amides is 3. The monoisotopic (exact) mass is 279 g/mol. The molecule has 0 bridgehead atoms. The first-order valence-electron chi connectivity index (χ1n) is 6.14. The number of anilines is 1. The van der Waals surface area contributed by atoms with Gasteiger partial charge in [0.1, 0.15) is 6.04 Å². The van der Waals surface area contributed by atoms with Crippen molar-refractivity contribution < 1.29 is 19.5 Å². The normalized spacial score (nSPS) is 11.4. The summed E-state index contributed by atoms with van der Waals surface area (Å²) in [4.78, 5) is 33.4. The Kier molecular flexibility index (Phi) is 5.52. The summed E-state index contributed by atoms with van der Waals surface area (Å²) in [6, 6.07) is 4.42. The number of nitrogens with one attached hydrogen (secondary N) is 2. The minimum absolute atomic E-state index is 0.324. The van der Waals surface area contributed by atoms with Gasteiger partial charge in [0, 0.05) is 11.3 Å². The average molecular weight is 279 g/mol. The number of carbonyl (C=O) groups is 3. The lowest BCUT2D eigenvalue weighted by Crippen LogP contribution is -2.42. The van der Waals surface area contributed by atoms with Crippen molar-refractivity contribution >= 4 is 23.6 Å². The Balaban J connectivity index is 2.61. The number of carbonyl (C=O) groups excluding carboxylic acids is 2. The molecule has 1 rings (SSSR count). The maximum atomic E-state index is 11.6. The zero-order valence-corrected chi connectivity index (χ0v) is 11.1. The average Bonchev–Trinajstić information content (AvgIpc) is 2.38. The predicted molar refractivity (Wildman–Crippen MR) is 73.4 cm³/mol. The van der Waals surface area contributed by atoms with Crippen LogP contribution in [0.3, 0.4) is 0 Å². The number of urea groups is 1. The van der Waals surface area contributed by atoms with E-state index < -0.39 is 23.9 Å². The molecule has 0 aromatic heterocycles. The second kappa shape index (κ2) is 7.13. The number of rotatable bonds is 6. The molecule has 0 aliphatic rings.